The number of rotatable bonds is 6. The number of aryl methyl sites for hydroxylation is 1. The summed E-state index contributed by atoms with van der Waals surface area (Å²) < 4.78 is 0. The number of fused-ring (bicyclic) bond motifs is 1. The van der Waals surface area contributed by atoms with E-state index >= 15 is 0 Å². The molecule has 4 nitrogen and oxygen atoms in total. The monoisotopic (exact) mass is 246 g/mol. The molecule has 0 bridgehead atoms. The molecule has 18 heavy (non-hydrogen) atoms. The number of hydrogen-bond acceptors (Lipinski definition) is 3. The van der Waals surface area contributed by atoms with Gasteiger partial charge in [-0.15, -0.1) is 0 Å². The van der Waals surface area contributed by atoms with Gasteiger partial charge in [0, 0.05) is 6.54 Å². The summed E-state index contributed by atoms with van der Waals surface area (Å²) in [7, 11) is 0. The van der Waals surface area contributed by atoms with Gasteiger partial charge in [-0.2, -0.15) is 0 Å². The van der Waals surface area contributed by atoms with Crippen LogP contribution in [0.15, 0.2) is 18.2 Å². The summed E-state index contributed by atoms with van der Waals surface area (Å²) in [6.07, 6.45) is 1.08. The first-order valence-electron chi connectivity index (χ1n) is 6.55. The van der Waals surface area contributed by atoms with E-state index in [-0.39, 0.29) is 0 Å². The largest absolute Gasteiger partial charge is 0.342 e. The summed E-state index contributed by atoms with van der Waals surface area (Å²) in [4.78, 5) is 7.66. The van der Waals surface area contributed by atoms with E-state index < -0.39 is 0 Å². The molecule has 0 saturated heterocycles. The zero-order chi connectivity index (χ0) is 13.0. The van der Waals surface area contributed by atoms with Crippen LogP contribution < -0.4 is 11.1 Å². The van der Waals surface area contributed by atoms with Gasteiger partial charge in [0.05, 0.1) is 11.0 Å². The molecule has 4 heteroatoms. The number of nitrogens with zero attached hydrogens (tertiary/aromatic N) is 1. The second-order valence-corrected chi connectivity index (χ2v) is 4.99. The smallest absolute Gasteiger partial charge is 0.104 e. The predicted molar refractivity (Wildman–Crippen MR) is 75.4 cm³/mol. The Balaban J connectivity index is 1.91. The lowest BCUT2D eigenvalue weighted by Gasteiger charge is -2.11. The molecule has 98 valence electrons. The Labute approximate surface area is 108 Å². The van der Waals surface area contributed by atoms with Gasteiger partial charge in [-0.25, -0.2) is 4.98 Å². The molecule has 2 aromatic rings. The van der Waals surface area contributed by atoms with Crippen molar-refractivity contribution < 1.29 is 0 Å². The Morgan fingerprint density at radius 2 is 2.28 bits per heavy atom. The molecular weight excluding hydrogens is 224 g/mol. The average Bonchev–Trinajstić information content (AvgIpc) is 2.69. The lowest BCUT2D eigenvalue weighted by Crippen LogP contribution is -2.22. The molecule has 0 aliphatic rings. The Hall–Kier alpha value is -1.39. The third kappa shape index (κ3) is 3.31. The molecular formula is C14H22N4. The number of hydrogen-bond donors (Lipinski definition) is 3. The highest BCUT2D eigenvalue weighted by Gasteiger charge is 2.02. The van der Waals surface area contributed by atoms with E-state index in [1.165, 1.54) is 5.56 Å². The van der Waals surface area contributed by atoms with Crippen LogP contribution in [-0.2, 0) is 6.54 Å². The van der Waals surface area contributed by atoms with Crippen molar-refractivity contribution in [1.82, 2.24) is 15.3 Å². The van der Waals surface area contributed by atoms with Crippen LogP contribution in [0, 0.1) is 12.8 Å². The predicted octanol–water partition coefficient (Wildman–Crippen LogP) is 1.95. The zero-order valence-electron chi connectivity index (χ0n) is 11.2. The van der Waals surface area contributed by atoms with Crippen molar-refractivity contribution in [2.75, 3.05) is 13.1 Å². The lowest BCUT2D eigenvalue weighted by atomic mass is 10.1. The zero-order valence-corrected chi connectivity index (χ0v) is 11.2. The molecule has 4 N–H and O–H groups in total. The number of nitrogens with two attached hydrogens (primary N) is 1. The van der Waals surface area contributed by atoms with Gasteiger partial charge in [-0.1, -0.05) is 13.0 Å². The first-order chi connectivity index (χ1) is 8.69. The second kappa shape index (κ2) is 5.98. The summed E-state index contributed by atoms with van der Waals surface area (Å²) >= 11 is 0. The molecule has 1 atom stereocenters. The van der Waals surface area contributed by atoms with Crippen molar-refractivity contribution >= 4 is 11.0 Å². The van der Waals surface area contributed by atoms with Gasteiger partial charge in [-0.05, 0) is 50.0 Å². The number of imidazole rings is 1. The van der Waals surface area contributed by atoms with Crippen LogP contribution >= 0.6 is 0 Å². The molecule has 0 radical (unpaired) electrons. The summed E-state index contributed by atoms with van der Waals surface area (Å²) in [5.74, 6) is 1.60. The minimum atomic E-state index is 0.633. The third-order valence-electron chi connectivity index (χ3n) is 3.15. The molecule has 1 unspecified atom stereocenters. The van der Waals surface area contributed by atoms with E-state index in [1.54, 1.807) is 0 Å². The Morgan fingerprint density at radius 3 is 3.06 bits per heavy atom. The van der Waals surface area contributed by atoms with E-state index in [0.29, 0.717) is 5.92 Å². The molecule has 0 spiro atoms. The van der Waals surface area contributed by atoms with Crippen molar-refractivity contribution in [2.24, 2.45) is 11.7 Å². The molecule has 0 fully saturated rings. The van der Waals surface area contributed by atoms with Gasteiger partial charge in [-0.3, -0.25) is 0 Å². The molecule has 0 saturated carbocycles. The molecule has 1 aromatic carbocycles. The Morgan fingerprint density at radius 1 is 1.44 bits per heavy atom. The quantitative estimate of drug-likeness (QED) is 0.730. The summed E-state index contributed by atoms with van der Waals surface area (Å²) in [5, 5.41) is 3.47. The molecule has 0 amide bonds. The molecule has 1 heterocycles. The lowest BCUT2D eigenvalue weighted by molar-refractivity contribution is 0.487. The fourth-order valence-electron chi connectivity index (χ4n) is 2.14. The molecule has 0 aliphatic carbocycles. The van der Waals surface area contributed by atoms with Crippen LogP contribution in [0.1, 0.15) is 24.7 Å². The van der Waals surface area contributed by atoms with E-state index in [4.69, 9.17) is 5.73 Å². The maximum atomic E-state index is 5.54. The van der Waals surface area contributed by atoms with Crippen molar-refractivity contribution in [2.45, 2.75) is 26.8 Å². The van der Waals surface area contributed by atoms with Gasteiger partial charge in [0.15, 0.2) is 0 Å². The highest BCUT2D eigenvalue weighted by molar-refractivity contribution is 5.75. The van der Waals surface area contributed by atoms with Crippen LogP contribution in [0.25, 0.3) is 11.0 Å². The van der Waals surface area contributed by atoms with E-state index in [0.717, 1.165) is 42.9 Å². The van der Waals surface area contributed by atoms with Gasteiger partial charge in [0.1, 0.15) is 5.82 Å². The van der Waals surface area contributed by atoms with Crippen LogP contribution in [-0.4, -0.2) is 23.1 Å². The van der Waals surface area contributed by atoms with Gasteiger partial charge < -0.3 is 16.0 Å². The van der Waals surface area contributed by atoms with E-state index in [1.807, 2.05) is 6.92 Å². The summed E-state index contributed by atoms with van der Waals surface area (Å²) in [5.41, 5.74) is 8.97. The van der Waals surface area contributed by atoms with Gasteiger partial charge in [0.25, 0.3) is 0 Å². The van der Waals surface area contributed by atoms with Crippen LogP contribution in [0.2, 0.25) is 0 Å². The van der Waals surface area contributed by atoms with Crippen molar-refractivity contribution in [1.29, 1.82) is 0 Å². The third-order valence-corrected chi connectivity index (χ3v) is 3.15. The van der Waals surface area contributed by atoms with Crippen molar-refractivity contribution in [3.63, 3.8) is 0 Å². The molecule has 0 aliphatic heterocycles. The van der Waals surface area contributed by atoms with Gasteiger partial charge in [0.2, 0.25) is 0 Å². The molecule has 2 rings (SSSR count). The maximum Gasteiger partial charge on any atom is 0.104 e. The van der Waals surface area contributed by atoms with Crippen LogP contribution in [0.4, 0.5) is 0 Å². The number of nitrogens with one attached hydrogen (secondary N) is 2. The Bertz CT molecular complexity index is 503. The van der Waals surface area contributed by atoms with Gasteiger partial charge >= 0.3 is 0 Å². The minimum Gasteiger partial charge on any atom is -0.342 e. The first kappa shape index (κ1) is 13.1. The SMILES string of the molecule is Cc1nc2ccc(CNCC(C)CCN)cc2[nH]1. The molecule has 1 aromatic heterocycles. The fourth-order valence-corrected chi connectivity index (χ4v) is 2.14. The highest BCUT2D eigenvalue weighted by Crippen LogP contribution is 2.13. The van der Waals surface area contributed by atoms with E-state index in [2.05, 4.69) is 40.4 Å². The number of aromatic nitrogens is 2. The normalized spacial score (nSPS) is 13.1. The standard InChI is InChI=1S/C14H22N4/c1-10(5-6-15)8-16-9-12-3-4-13-14(7-12)18-11(2)17-13/h3-4,7,10,16H,5-6,8-9,15H2,1-2H3,(H,17,18). The number of aromatic amines is 1. The van der Waals surface area contributed by atoms with E-state index in [9.17, 15) is 0 Å². The number of H-pyrrole nitrogens is 1. The first-order valence-corrected chi connectivity index (χ1v) is 6.55. The minimum absolute atomic E-state index is 0.633. The van der Waals surface area contributed by atoms with Crippen LogP contribution in [0.5, 0.6) is 0 Å². The second-order valence-electron chi connectivity index (χ2n) is 4.99. The van der Waals surface area contributed by atoms with Crippen molar-refractivity contribution in [3.05, 3.63) is 29.6 Å². The highest BCUT2D eigenvalue weighted by atomic mass is 14.9. The average molecular weight is 246 g/mol. The van der Waals surface area contributed by atoms with Crippen molar-refractivity contribution in [3.8, 4) is 0 Å². The summed E-state index contributed by atoms with van der Waals surface area (Å²) in [6, 6.07) is 6.36. The topological polar surface area (TPSA) is 66.7 Å². The van der Waals surface area contributed by atoms with Crippen LogP contribution in [0.3, 0.4) is 0 Å². The number of benzene rings is 1. The Kier molecular flexibility index (Phi) is 4.33. The summed E-state index contributed by atoms with van der Waals surface area (Å²) in [6.45, 7) is 6.87. The fraction of sp³-hybridized carbons (Fsp3) is 0.500. The maximum absolute atomic E-state index is 5.54.